The zero-order chi connectivity index (χ0) is 33.7. The van der Waals surface area contributed by atoms with Gasteiger partial charge >= 0.3 is 0 Å². The molecule has 10 aromatic rings. The van der Waals surface area contributed by atoms with Crippen LogP contribution in [0.2, 0.25) is 0 Å². The lowest BCUT2D eigenvalue weighted by atomic mass is 10.0. The van der Waals surface area contributed by atoms with Crippen molar-refractivity contribution in [3.63, 3.8) is 0 Å². The van der Waals surface area contributed by atoms with Crippen LogP contribution < -0.4 is 4.90 Å². The minimum Gasteiger partial charge on any atom is -0.456 e. The first-order valence-corrected chi connectivity index (χ1v) is 17.7. The molecule has 3 aromatic heterocycles. The Balaban J connectivity index is 1.25. The van der Waals surface area contributed by atoms with E-state index in [-0.39, 0.29) is 0 Å². The van der Waals surface area contributed by atoms with Gasteiger partial charge in [0.05, 0.1) is 5.69 Å². The summed E-state index contributed by atoms with van der Waals surface area (Å²) in [6.07, 6.45) is 0. The normalized spacial score (nSPS) is 11.5. The molecule has 3 heterocycles. The number of nitrogens with zero attached hydrogens (tertiary/aromatic N) is 4. The van der Waals surface area contributed by atoms with E-state index in [1.54, 1.807) is 0 Å². The Hall–Kier alpha value is -6.63. The second-order valence-corrected chi connectivity index (χ2v) is 13.5. The predicted molar refractivity (Wildman–Crippen MR) is 211 cm³/mol. The number of aromatic nitrogens is 3. The van der Waals surface area contributed by atoms with Gasteiger partial charge in [0.15, 0.2) is 17.5 Å². The fourth-order valence-electron chi connectivity index (χ4n) is 6.95. The number of benzene rings is 7. The van der Waals surface area contributed by atoms with Crippen molar-refractivity contribution in [1.82, 2.24) is 15.0 Å². The first kappa shape index (κ1) is 29.3. The Kier molecular flexibility index (Phi) is 6.93. The fraction of sp³-hybridized carbons (Fsp3) is 0. The van der Waals surface area contributed by atoms with Crippen LogP contribution in [0.5, 0.6) is 0 Å². The Morgan fingerprint density at radius 3 is 1.73 bits per heavy atom. The number of furan rings is 1. The van der Waals surface area contributed by atoms with Crippen LogP contribution in [0.15, 0.2) is 174 Å². The van der Waals surface area contributed by atoms with E-state index in [9.17, 15) is 0 Å². The largest absolute Gasteiger partial charge is 0.456 e. The summed E-state index contributed by atoms with van der Waals surface area (Å²) in [4.78, 5) is 17.6. The lowest BCUT2D eigenvalue weighted by molar-refractivity contribution is 0.669. The highest BCUT2D eigenvalue weighted by Gasteiger charge is 2.22. The van der Waals surface area contributed by atoms with E-state index in [0.717, 1.165) is 55.7 Å². The van der Waals surface area contributed by atoms with Gasteiger partial charge in [0.25, 0.3) is 0 Å². The van der Waals surface area contributed by atoms with Crippen molar-refractivity contribution in [3.8, 4) is 34.2 Å². The Bertz CT molecular complexity index is 2810. The summed E-state index contributed by atoms with van der Waals surface area (Å²) in [5.41, 5.74) is 7.30. The Labute approximate surface area is 297 Å². The molecule has 0 radical (unpaired) electrons. The quantitative estimate of drug-likeness (QED) is 0.176. The van der Waals surface area contributed by atoms with Crippen LogP contribution in [0.3, 0.4) is 0 Å². The monoisotopic (exact) mass is 672 g/mol. The molecular formula is C45H28N4OS. The summed E-state index contributed by atoms with van der Waals surface area (Å²) in [5.74, 6) is 1.80. The summed E-state index contributed by atoms with van der Waals surface area (Å²) in [6, 6.07) is 58.5. The van der Waals surface area contributed by atoms with Crippen molar-refractivity contribution in [2.24, 2.45) is 0 Å². The van der Waals surface area contributed by atoms with Gasteiger partial charge in [-0.1, -0.05) is 121 Å². The molecule has 0 aliphatic heterocycles. The lowest BCUT2D eigenvalue weighted by Crippen LogP contribution is -2.10. The first-order valence-electron chi connectivity index (χ1n) is 16.9. The maximum Gasteiger partial charge on any atom is 0.164 e. The number of fused-ring (bicyclic) bond motifs is 6. The molecule has 0 spiro atoms. The van der Waals surface area contributed by atoms with Crippen LogP contribution in [0.25, 0.3) is 76.3 Å². The number of para-hydroxylation sites is 2. The predicted octanol–water partition coefficient (Wildman–Crippen LogP) is 12.6. The van der Waals surface area contributed by atoms with Crippen molar-refractivity contribution in [2.45, 2.75) is 0 Å². The van der Waals surface area contributed by atoms with Gasteiger partial charge in [-0.2, -0.15) is 0 Å². The molecule has 0 bridgehead atoms. The third-order valence-electron chi connectivity index (χ3n) is 9.30. The zero-order valence-electron chi connectivity index (χ0n) is 27.3. The van der Waals surface area contributed by atoms with E-state index in [0.29, 0.717) is 17.5 Å². The van der Waals surface area contributed by atoms with Gasteiger partial charge in [0.1, 0.15) is 11.2 Å². The topological polar surface area (TPSA) is 55.1 Å². The first-order chi connectivity index (χ1) is 25.3. The van der Waals surface area contributed by atoms with Gasteiger partial charge in [-0.3, -0.25) is 0 Å². The molecule has 0 saturated carbocycles. The van der Waals surface area contributed by atoms with Crippen LogP contribution in [-0.4, -0.2) is 15.0 Å². The van der Waals surface area contributed by atoms with Gasteiger partial charge < -0.3 is 9.32 Å². The summed E-state index contributed by atoms with van der Waals surface area (Å²) in [5, 5.41) is 4.51. The number of rotatable bonds is 6. The highest BCUT2D eigenvalue weighted by molar-refractivity contribution is 7.25. The summed E-state index contributed by atoms with van der Waals surface area (Å²) in [7, 11) is 0. The molecule has 0 aliphatic rings. The number of thiophene rings is 1. The van der Waals surface area contributed by atoms with Crippen molar-refractivity contribution in [1.29, 1.82) is 0 Å². The standard InChI is InChI=1S/C45H28N4OS/c1-4-14-29(15-5-1)43-46-44(30-16-6-2-7-17-30)48-45(47-43)37-26-33(27-39-42(37)36-21-10-12-22-38(36)50-39)49(31-18-8-3-9-19-31)32-24-25-35-34-20-11-13-23-40(34)51-41(35)28-32/h1-28H. The molecule has 0 fully saturated rings. The van der Waals surface area contributed by atoms with Gasteiger partial charge in [0.2, 0.25) is 0 Å². The van der Waals surface area contributed by atoms with Gasteiger partial charge in [-0.05, 0) is 42.5 Å². The third-order valence-corrected chi connectivity index (χ3v) is 10.4. The highest BCUT2D eigenvalue weighted by atomic mass is 32.1. The molecular weight excluding hydrogens is 645 g/mol. The molecule has 7 aromatic carbocycles. The zero-order valence-corrected chi connectivity index (χ0v) is 28.1. The Morgan fingerprint density at radius 2 is 1.00 bits per heavy atom. The SMILES string of the molecule is c1ccc(-c2nc(-c3ccccc3)nc(-c3cc(N(c4ccccc4)c4ccc5c(c4)sc4ccccc45)cc4oc5ccccc5c34)n2)cc1. The number of hydrogen-bond acceptors (Lipinski definition) is 6. The van der Waals surface area contributed by atoms with Gasteiger partial charge in [-0.25, -0.2) is 15.0 Å². The summed E-state index contributed by atoms with van der Waals surface area (Å²) in [6.45, 7) is 0. The maximum atomic E-state index is 6.62. The van der Waals surface area contributed by atoms with Gasteiger partial charge in [-0.15, -0.1) is 11.3 Å². The molecule has 0 amide bonds. The smallest absolute Gasteiger partial charge is 0.164 e. The van der Waals surface area contributed by atoms with Crippen molar-refractivity contribution in [3.05, 3.63) is 170 Å². The minimum absolute atomic E-state index is 0.578. The van der Waals surface area contributed by atoms with Crippen LogP contribution in [0.4, 0.5) is 17.1 Å². The van der Waals surface area contributed by atoms with E-state index >= 15 is 0 Å². The second-order valence-electron chi connectivity index (χ2n) is 12.5. The molecule has 5 nitrogen and oxygen atoms in total. The molecule has 6 heteroatoms. The second kappa shape index (κ2) is 12.1. The third kappa shape index (κ3) is 5.12. The average molecular weight is 673 g/mol. The van der Waals surface area contributed by atoms with Crippen LogP contribution in [0, 0.1) is 0 Å². The molecule has 0 aliphatic carbocycles. The molecule has 240 valence electrons. The molecule has 0 N–H and O–H groups in total. The van der Waals surface area contributed by atoms with E-state index in [1.165, 1.54) is 20.2 Å². The average Bonchev–Trinajstić information content (AvgIpc) is 3.77. The van der Waals surface area contributed by atoms with Gasteiger partial charge in [0, 0.05) is 65.1 Å². The van der Waals surface area contributed by atoms with Crippen LogP contribution in [0.1, 0.15) is 0 Å². The number of hydrogen-bond donors (Lipinski definition) is 0. The summed E-state index contributed by atoms with van der Waals surface area (Å²) < 4.78 is 9.13. The molecule has 0 atom stereocenters. The van der Waals surface area contributed by atoms with Crippen molar-refractivity contribution >= 4 is 70.5 Å². The van der Waals surface area contributed by atoms with Crippen LogP contribution in [-0.2, 0) is 0 Å². The molecule has 10 rings (SSSR count). The highest BCUT2D eigenvalue weighted by Crippen LogP contribution is 2.45. The van der Waals surface area contributed by atoms with E-state index in [2.05, 4.69) is 89.8 Å². The minimum atomic E-state index is 0.578. The van der Waals surface area contributed by atoms with Crippen molar-refractivity contribution in [2.75, 3.05) is 4.90 Å². The maximum absolute atomic E-state index is 6.62. The summed E-state index contributed by atoms with van der Waals surface area (Å²) >= 11 is 1.82. The van der Waals surface area contributed by atoms with E-state index in [4.69, 9.17) is 19.4 Å². The fourth-order valence-corrected chi connectivity index (χ4v) is 8.09. The molecule has 0 unspecified atom stereocenters. The van der Waals surface area contributed by atoms with Crippen molar-refractivity contribution < 1.29 is 4.42 Å². The van der Waals surface area contributed by atoms with E-state index < -0.39 is 0 Å². The molecule has 51 heavy (non-hydrogen) atoms. The lowest BCUT2D eigenvalue weighted by Gasteiger charge is -2.26. The number of anilines is 3. The Morgan fingerprint density at radius 1 is 0.412 bits per heavy atom. The van der Waals surface area contributed by atoms with E-state index in [1.807, 2.05) is 96.3 Å². The van der Waals surface area contributed by atoms with Crippen LogP contribution >= 0.6 is 11.3 Å². The molecule has 0 saturated heterocycles.